The average Bonchev–Trinajstić information content (AvgIpc) is 2.89. The standard InChI is InChI=1S/C26H36N6O3/c1-3-27-26(33)28-20-8-6-19(7-9-20)24-29-23-15-31(21-5-4-13-34-17-21)11-10-22(23)25(30-24)32-12-14-35-16-18(32)2/h6-9,18,21H,3-5,10-17H2,1-2H3,(H2,27,28,33)/t18-,21-/m0/s1. The summed E-state index contributed by atoms with van der Waals surface area (Å²) < 4.78 is 11.5. The number of anilines is 2. The molecule has 3 aliphatic rings. The zero-order valence-electron chi connectivity index (χ0n) is 20.8. The molecule has 2 atom stereocenters. The molecule has 2 saturated heterocycles. The maximum absolute atomic E-state index is 11.9. The predicted molar refractivity (Wildman–Crippen MR) is 136 cm³/mol. The Kier molecular flexibility index (Phi) is 7.46. The number of aromatic nitrogens is 2. The molecule has 188 valence electrons. The van der Waals surface area contributed by atoms with Crippen molar-refractivity contribution in [3.63, 3.8) is 0 Å². The molecule has 2 aromatic rings. The van der Waals surface area contributed by atoms with Crippen molar-refractivity contribution >= 4 is 17.5 Å². The van der Waals surface area contributed by atoms with Crippen molar-refractivity contribution in [1.29, 1.82) is 0 Å². The van der Waals surface area contributed by atoms with E-state index < -0.39 is 0 Å². The molecule has 0 spiro atoms. The first kappa shape index (κ1) is 24.0. The summed E-state index contributed by atoms with van der Waals surface area (Å²) in [5.74, 6) is 1.77. The van der Waals surface area contributed by atoms with Gasteiger partial charge >= 0.3 is 6.03 Å². The zero-order valence-corrected chi connectivity index (χ0v) is 20.8. The number of amides is 2. The summed E-state index contributed by atoms with van der Waals surface area (Å²) in [4.78, 5) is 27.0. The Morgan fingerprint density at radius 1 is 1.11 bits per heavy atom. The number of carbonyl (C=O) groups is 1. The van der Waals surface area contributed by atoms with Crippen molar-refractivity contribution < 1.29 is 14.3 Å². The fourth-order valence-corrected chi connectivity index (χ4v) is 5.20. The monoisotopic (exact) mass is 480 g/mol. The minimum atomic E-state index is -0.208. The van der Waals surface area contributed by atoms with E-state index in [2.05, 4.69) is 27.4 Å². The lowest BCUT2D eigenvalue weighted by atomic mass is 9.99. The number of benzene rings is 1. The number of fused-ring (bicyclic) bond motifs is 1. The van der Waals surface area contributed by atoms with E-state index >= 15 is 0 Å². The van der Waals surface area contributed by atoms with Gasteiger partial charge < -0.3 is 25.0 Å². The Morgan fingerprint density at radius 3 is 2.69 bits per heavy atom. The van der Waals surface area contributed by atoms with E-state index in [4.69, 9.17) is 19.4 Å². The van der Waals surface area contributed by atoms with Crippen molar-refractivity contribution in [2.45, 2.75) is 51.7 Å². The third-order valence-electron chi connectivity index (χ3n) is 7.10. The first-order valence-electron chi connectivity index (χ1n) is 12.8. The van der Waals surface area contributed by atoms with Gasteiger partial charge in [-0.15, -0.1) is 0 Å². The molecule has 9 nitrogen and oxygen atoms in total. The van der Waals surface area contributed by atoms with Crippen molar-refractivity contribution in [3.05, 3.63) is 35.5 Å². The highest BCUT2D eigenvalue weighted by Crippen LogP contribution is 2.33. The number of carbonyl (C=O) groups excluding carboxylic acids is 1. The van der Waals surface area contributed by atoms with Gasteiger partial charge in [0.2, 0.25) is 0 Å². The van der Waals surface area contributed by atoms with Crippen LogP contribution in [0.3, 0.4) is 0 Å². The maximum Gasteiger partial charge on any atom is 0.319 e. The number of nitrogens with one attached hydrogen (secondary N) is 2. The Morgan fingerprint density at radius 2 is 1.94 bits per heavy atom. The van der Waals surface area contributed by atoms with Gasteiger partial charge in [-0.1, -0.05) is 0 Å². The van der Waals surface area contributed by atoms with Gasteiger partial charge in [-0.3, -0.25) is 4.90 Å². The molecule has 4 heterocycles. The molecule has 2 amide bonds. The maximum atomic E-state index is 11.9. The van der Waals surface area contributed by atoms with E-state index in [0.717, 1.165) is 74.3 Å². The van der Waals surface area contributed by atoms with Gasteiger partial charge in [0.25, 0.3) is 0 Å². The van der Waals surface area contributed by atoms with E-state index in [1.165, 1.54) is 12.0 Å². The molecule has 9 heteroatoms. The summed E-state index contributed by atoms with van der Waals surface area (Å²) in [6.07, 6.45) is 3.25. The van der Waals surface area contributed by atoms with E-state index in [1.807, 2.05) is 31.2 Å². The summed E-state index contributed by atoms with van der Waals surface area (Å²) in [5, 5.41) is 5.60. The predicted octanol–water partition coefficient (Wildman–Crippen LogP) is 3.05. The third-order valence-corrected chi connectivity index (χ3v) is 7.10. The van der Waals surface area contributed by atoms with Gasteiger partial charge in [0, 0.05) is 55.6 Å². The average molecular weight is 481 g/mol. The van der Waals surface area contributed by atoms with Crippen LogP contribution in [0.5, 0.6) is 0 Å². The minimum absolute atomic E-state index is 0.208. The van der Waals surface area contributed by atoms with Crippen LogP contribution in [0.1, 0.15) is 37.9 Å². The van der Waals surface area contributed by atoms with Crippen molar-refractivity contribution in [3.8, 4) is 11.4 Å². The summed E-state index contributed by atoms with van der Waals surface area (Å²) in [6.45, 7) is 10.4. The van der Waals surface area contributed by atoms with E-state index in [-0.39, 0.29) is 12.1 Å². The fraction of sp³-hybridized carbons (Fsp3) is 0.577. The molecule has 0 aliphatic carbocycles. The van der Waals surface area contributed by atoms with E-state index in [0.29, 0.717) is 25.8 Å². The summed E-state index contributed by atoms with van der Waals surface area (Å²) >= 11 is 0. The van der Waals surface area contributed by atoms with Crippen molar-refractivity contribution in [2.75, 3.05) is 56.3 Å². The smallest absolute Gasteiger partial charge is 0.319 e. The number of hydrogen-bond donors (Lipinski definition) is 2. The molecule has 0 unspecified atom stereocenters. The molecule has 1 aromatic heterocycles. The second kappa shape index (κ2) is 10.9. The Hall–Kier alpha value is -2.75. The molecular weight excluding hydrogens is 444 g/mol. The molecular formula is C26H36N6O3. The second-order valence-electron chi connectivity index (χ2n) is 9.57. The van der Waals surface area contributed by atoms with Gasteiger partial charge in [0.1, 0.15) is 5.82 Å². The van der Waals surface area contributed by atoms with Crippen LogP contribution < -0.4 is 15.5 Å². The molecule has 35 heavy (non-hydrogen) atoms. The van der Waals surface area contributed by atoms with Crippen LogP contribution >= 0.6 is 0 Å². The van der Waals surface area contributed by atoms with E-state index in [1.54, 1.807) is 0 Å². The first-order chi connectivity index (χ1) is 17.1. The normalized spacial score (nSPS) is 23.0. The Bertz CT molecular complexity index is 1020. The number of urea groups is 1. The molecule has 0 saturated carbocycles. The summed E-state index contributed by atoms with van der Waals surface area (Å²) in [7, 11) is 0. The van der Waals surface area contributed by atoms with Gasteiger partial charge in [-0.2, -0.15) is 0 Å². The number of nitrogens with zero attached hydrogens (tertiary/aromatic N) is 4. The lowest BCUT2D eigenvalue weighted by molar-refractivity contribution is 0.0119. The first-order valence-corrected chi connectivity index (χ1v) is 12.8. The molecule has 0 radical (unpaired) electrons. The van der Waals surface area contributed by atoms with Crippen LogP contribution in [0, 0.1) is 0 Å². The summed E-state index contributed by atoms with van der Waals surface area (Å²) in [5.41, 5.74) is 4.06. The van der Waals surface area contributed by atoms with Gasteiger partial charge in [-0.25, -0.2) is 14.8 Å². The lowest BCUT2D eigenvalue weighted by Gasteiger charge is -2.40. The second-order valence-corrected chi connectivity index (χ2v) is 9.57. The topological polar surface area (TPSA) is 91.9 Å². The highest BCUT2D eigenvalue weighted by molar-refractivity contribution is 5.89. The molecule has 5 rings (SSSR count). The van der Waals surface area contributed by atoms with Gasteiger partial charge in [0.05, 0.1) is 31.6 Å². The number of rotatable bonds is 5. The fourth-order valence-electron chi connectivity index (χ4n) is 5.20. The van der Waals surface area contributed by atoms with Gasteiger partial charge in [-0.05, 0) is 57.4 Å². The van der Waals surface area contributed by atoms with Crippen LogP contribution in [0.15, 0.2) is 24.3 Å². The lowest BCUT2D eigenvalue weighted by Crippen LogP contribution is -2.47. The number of morpholine rings is 1. The number of ether oxygens (including phenoxy) is 2. The molecule has 2 N–H and O–H groups in total. The highest BCUT2D eigenvalue weighted by Gasteiger charge is 2.31. The quantitative estimate of drug-likeness (QED) is 0.680. The summed E-state index contributed by atoms with van der Waals surface area (Å²) in [6, 6.07) is 8.27. The zero-order chi connectivity index (χ0) is 24.2. The van der Waals surface area contributed by atoms with E-state index in [9.17, 15) is 4.79 Å². The molecule has 2 fully saturated rings. The molecule has 3 aliphatic heterocycles. The van der Waals surface area contributed by atoms with Crippen LogP contribution in [-0.2, 0) is 22.4 Å². The number of hydrogen-bond acceptors (Lipinski definition) is 7. The van der Waals surface area contributed by atoms with Crippen LogP contribution in [0.2, 0.25) is 0 Å². The highest BCUT2D eigenvalue weighted by atomic mass is 16.5. The Labute approximate surface area is 207 Å². The van der Waals surface area contributed by atoms with Gasteiger partial charge in [0.15, 0.2) is 5.82 Å². The molecule has 0 bridgehead atoms. The molecule has 1 aromatic carbocycles. The van der Waals surface area contributed by atoms with Crippen LogP contribution in [0.25, 0.3) is 11.4 Å². The Balaban J connectivity index is 1.46. The van der Waals surface area contributed by atoms with Crippen molar-refractivity contribution in [1.82, 2.24) is 20.2 Å². The minimum Gasteiger partial charge on any atom is -0.380 e. The van der Waals surface area contributed by atoms with Crippen LogP contribution in [-0.4, -0.2) is 79.0 Å². The van der Waals surface area contributed by atoms with Crippen LogP contribution in [0.4, 0.5) is 16.3 Å². The third kappa shape index (κ3) is 5.42. The largest absolute Gasteiger partial charge is 0.380 e. The SMILES string of the molecule is CCNC(=O)Nc1ccc(-c2nc3c(c(N4CCOC[C@@H]4C)n2)CCN([C@H]2CCCOC2)C3)cc1. The van der Waals surface area contributed by atoms with Crippen molar-refractivity contribution in [2.24, 2.45) is 0 Å².